The Morgan fingerprint density at radius 2 is 2.00 bits per heavy atom. The molecule has 0 fully saturated rings. The third-order valence-electron chi connectivity index (χ3n) is 3.49. The molecule has 2 rings (SSSR count). The summed E-state index contributed by atoms with van der Waals surface area (Å²) in [4.78, 5) is 29.1. The number of aryl methyl sites for hydroxylation is 1. The molecular formula is C17H17F3N2O5. The van der Waals surface area contributed by atoms with Crippen LogP contribution in [0, 0.1) is 6.92 Å². The van der Waals surface area contributed by atoms with Gasteiger partial charge in [-0.05, 0) is 25.1 Å². The Hall–Kier alpha value is -3.04. The van der Waals surface area contributed by atoms with Crippen molar-refractivity contribution in [3.05, 3.63) is 47.0 Å². The molecule has 0 N–H and O–H groups in total. The predicted molar refractivity (Wildman–Crippen MR) is 86.4 cm³/mol. The van der Waals surface area contributed by atoms with E-state index in [-0.39, 0.29) is 17.7 Å². The number of carbonyl (C=O) groups excluding carboxylic acids is 2. The second-order valence-corrected chi connectivity index (χ2v) is 5.60. The summed E-state index contributed by atoms with van der Waals surface area (Å²) in [5, 5.41) is 0. The van der Waals surface area contributed by atoms with Gasteiger partial charge in [-0.15, -0.1) is 0 Å². The van der Waals surface area contributed by atoms with Crippen LogP contribution in [0.5, 0.6) is 5.88 Å². The first-order valence-electron chi connectivity index (χ1n) is 7.70. The van der Waals surface area contributed by atoms with Crippen LogP contribution in [0.2, 0.25) is 0 Å². The number of amides is 1. The topological polar surface area (TPSA) is 81.9 Å². The van der Waals surface area contributed by atoms with E-state index >= 15 is 0 Å². The van der Waals surface area contributed by atoms with Gasteiger partial charge in [-0.1, -0.05) is 0 Å². The van der Waals surface area contributed by atoms with Crippen LogP contribution in [-0.2, 0) is 11.3 Å². The van der Waals surface area contributed by atoms with Gasteiger partial charge in [0.15, 0.2) is 6.61 Å². The molecule has 0 aliphatic carbocycles. The molecule has 27 heavy (non-hydrogen) atoms. The highest BCUT2D eigenvalue weighted by Crippen LogP contribution is 2.22. The number of methoxy groups -OCH3 is 1. The monoisotopic (exact) mass is 386 g/mol. The molecule has 0 aliphatic rings. The Balaban J connectivity index is 2.15. The highest BCUT2D eigenvalue weighted by atomic mass is 19.4. The molecule has 0 aliphatic heterocycles. The highest BCUT2D eigenvalue weighted by Gasteiger charge is 2.30. The minimum absolute atomic E-state index is 0.0235. The van der Waals surface area contributed by atoms with Crippen molar-refractivity contribution in [2.24, 2.45) is 0 Å². The minimum Gasteiger partial charge on any atom is -0.467 e. The van der Waals surface area contributed by atoms with Gasteiger partial charge in [-0.2, -0.15) is 13.2 Å². The van der Waals surface area contributed by atoms with Crippen LogP contribution in [0.4, 0.5) is 13.2 Å². The number of nitrogens with zero attached hydrogens (tertiary/aromatic N) is 2. The van der Waals surface area contributed by atoms with E-state index in [0.29, 0.717) is 11.5 Å². The minimum atomic E-state index is -4.56. The summed E-state index contributed by atoms with van der Waals surface area (Å²) < 4.78 is 51.7. The standard InChI is InChI=1S/C17H17F3N2O5/c1-10-13(16(24)25-3)7-11(27-10)8-22(2)15(23)12-5-4-6-21-14(12)26-9-17(18,19)20/h4-7H,8-9H2,1-3H3. The lowest BCUT2D eigenvalue weighted by atomic mass is 10.2. The fourth-order valence-electron chi connectivity index (χ4n) is 2.26. The smallest absolute Gasteiger partial charge is 0.422 e. The lowest BCUT2D eigenvalue weighted by molar-refractivity contribution is -0.154. The van der Waals surface area contributed by atoms with E-state index in [2.05, 4.69) is 14.5 Å². The zero-order chi connectivity index (χ0) is 20.2. The highest BCUT2D eigenvalue weighted by molar-refractivity contribution is 5.96. The molecule has 0 unspecified atom stereocenters. The molecule has 0 radical (unpaired) electrons. The molecular weight excluding hydrogens is 369 g/mol. The van der Waals surface area contributed by atoms with Gasteiger partial charge in [0.25, 0.3) is 5.91 Å². The lowest BCUT2D eigenvalue weighted by Crippen LogP contribution is -2.27. The van der Waals surface area contributed by atoms with Crippen molar-refractivity contribution in [1.82, 2.24) is 9.88 Å². The zero-order valence-electron chi connectivity index (χ0n) is 14.8. The van der Waals surface area contributed by atoms with Crippen LogP contribution in [-0.4, -0.2) is 48.7 Å². The van der Waals surface area contributed by atoms with Crippen LogP contribution in [0.1, 0.15) is 32.2 Å². The largest absolute Gasteiger partial charge is 0.467 e. The van der Waals surface area contributed by atoms with E-state index in [0.717, 1.165) is 0 Å². The van der Waals surface area contributed by atoms with Crippen molar-refractivity contribution in [3.8, 4) is 5.88 Å². The van der Waals surface area contributed by atoms with Gasteiger partial charge in [-0.25, -0.2) is 9.78 Å². The number of furan rings is 1. The summed E-state index contributed by atoms with van der Waals surface area (Å²) in [6.45, 7) is -0.0140. The van der Waals surface area contributed by atoms with Crippen LogP contribution in [0.25, 0.3) is 0 Å². The second kappa shape index (κ2) is 8.11. The molecule has 0 saturated heterocycles. The molecule has 2 heterocycles. The number of carbonyl (C=O) groups is 2. The van der Waals surface area contributed by atoms with E-state index in [4.69, 9.17) is 4.42 Å². The molecule has 1 amide bonds. The van der Waals surface area contributed by atoms with Crippen molar-refractivity contribution in [2.45, 2.75) is 19.6 Å². The Morgan fingerprint density at radius 3 is 2.63 bits per heavy atom. The molecule has 10 heteroatoms. The average molecular weight is 386 g/mol. The van der Waals surface area contributed by atoms with E-state index in [1.165, 1.54) is 43.5 Å². The number of hydrogen-bond donors (Lipinski definition) is 0. The molecule has 0 saturated carbocycles. The Labute approximate surface area is 152 Å². The van der Waals surface area contributed by atoms with Gasteiger partial charge in [0.1, 0.15) is 22.6 Å². The number of aromatic nitrogens is 1. The maximum Gasteiger partial charge on any atom is 0.422 e. The van der Waals surface area contributed by atoms with Crippen LogP contribution < -0.4 is 4.74 Å². The SMILES string of the molecule is COC(=O)c1cc(CN(C)C(=O)c2cccnc2OCC(F)(F)F)oc1C. The third-order valence-corrected chi connectivity index (χ3v) is 3.49. The van der Waals surface area contributed by atoms with Gasteiger partial charge >= 0.3 is 12.1 Å². The Morgan fingerprint density at radius 1 is 1.30 bits per heavy atom. The van der Waals surface area contributed by atoms with Gasteiger partial charge in [0, 0.05) is 13.2 Å². The zero-order valence-corrected chi connectivity index (χ0v) is 14.8. The number of hydrogen-bond acceptors (Lipinski definition) is 6. The van der Waals surface area contributed by atoms with Gasteiger partial charge in [0.2, 0.25) is 5.88 Å². The van der Waals surface area contributed by atoms with Gasteiger partial charge in [-0.3, -0.25) is 4.79 Å². The van der Waals surface area contributed by atoms with Crippen LogP contribution >= 0.6 is 0 Å². The van der Waals surface area contributed by atoms with E-state index in [1.807, 2.05) is 0 Å². The van der Waals surface area contributed by atoms with Crippen molar-refractivity contribution in [2.75, 3.05) is 20.8 Å². The summed E-state index contributed by atoms with van der Waals surface area (Å²) in [6.07, 6.45) is -3.33. The van der Waals surface area contributed by atoms with E-state index < -0.39 is 30.5 Å². The Kier molecular flexibility index (Phi) is 6.09. The second-order valence-electron chi connectivity index (χ2n) is 5.60. The Bertz CT molecular complexity index is 832. The number of ether oxygens (including phenoxy) is 2. The molecule has 0 atom stereocenters. The molecule has 0 spiro atoms. The predicted octanol–water partition coefficient (Wildman–Crippen LogP) is 2.98. The summed E-state index contributed by atoms with van der Waals surface area (Å²) in [7, 11) is 2.66. The van der Waals surface area contributed by atoms with Crippen molar-refractivity contribution in [1.29, 1.82) is 0 Å². The number of pyridine rings is 1. The molecule has 2 aromatic rings. The summed E-state index contributed by atoms with van der Waals surface area (Å²) in [6, 6.07) is 4.16. The van der Waals surface area contributed by atoms with Gasteiger partial charge in [0.05, 0.1) is 13.7 Å². The number of esters is 1. The van der Waals surface area contributed by atoms with Gasteiger partial charge < -0.3 is 18.8 Å². The fourth-order valence-corrected chi connectivity index (χ4v) is 2.26. The normalized spacial score (nSPS) is 11.2. The van der Waals surface area contributed by atoms with Crippen molar-refractivity contribution in [3.63, 3.8) is 0 Å². The maximum absolute atomic E-state index is 12.6. The number of alkyl halides is 3. The molecule has 2 aromatic heterocycles. The van der Waals surface area contributed by atoms with E-state index in [1.54, 1.807) is 6.92 Å². The average Bonchev–Trinajstić information content (AvgIpc) is 2.98. The molecule has 0 aromatic carbocycles. The maximum atomic E-state index is 12.6. The number of halogens is 3. The third kappa shape index (κ3) is 5.22. The van der Waals surface area contributed by atoms with Crippen LogP contribution in [0.15, 0.2) is 28.8 Å². The van der Waals surface area contributed by atoms with Crippen molar-refractivity contribution >= 4 is 11.9 Å². The number of rotatable bonds is 6. The van der Waals surface area contributed by atoms with Crippen molar-refractivity contribution < 1.29 is 36.7 Å². The first-order valence-corrected chi connectivity index (χ1v) is 7.70. The molecule has 0 bridgehead atoms. The lowest BCUT2D eigenvalue weighted by Gasteiger charge is -2.17. The van der Waals surface area contributed by atoms with E-state index in [9.17, 15) is 22.8 Å². The summed E-state index contributed by atoms with van der Waals surface area (Å²) in [5.74, 6) is -0.975. The fraction of sp³-hybridized carbons (Fsp3) is 0.353. The summed E-state index contributed by atoms with van der Waals surface area (Å²) >= 11 is 0. The first-order chi connectivity index (χ1) is 12.6. The quantitative estimate of drug-likeness (QED) is 0.710. The first kappa shape index (κ1) is 20.3. The summed E-state index contributed by atoms with van der Waals surface area (Å²) in [5.41, 5.74) is 0.102. The van der Waals surface area contributed by atoms with Crippen LogP contribution in [0.3, 0.4) is 0 Å². The molecule has 7 nitrogen and oxygen atoms in total. The molecule has 146 valence electrons.